The fraction of sp³-hybridized carbons (Fsp3) is 0.400. The summed E-state index contributed by atoms with van der Waals surface area (Å²) in [5, 5.41) is 4.19. The van der Waals surface area contributed by atoms with E-state index >= 15 is 0 Å². The third kappa shape index (κ3) is 5.79. The summed E-state index contributed by atoms with van der Waals surface area (Å²) in [5.74, 6) is 0.583. The second-order valence-electron chi connectivity index (χ2n) is 9.02. The van der Waals surface area contributed by atoms with Gasteiger partial charge in [0.25, 0.3) is 0 Å². The number of nitrogens with zero attached hydrogens (tertiary/aromatic N) is 3. The second-order valence-corrected chi connectivity index (χ2v) is 12.1. The van der Waals surface area contributed by atoms with Crippen molar-refractivity contribution in [3.63, 3.8) is 0 Å². The van der Waals surface area contributed by atoms with Crippen LogP contribution in [0.3, 0.4) is 0 Å². The molecule has 1 aromatic heterocycles. The number of rotatable bonds is 5. The molecule has 0 bridgehead atoms. The number of carbonyl (C=O) groups is 1. The van der Waals surface area contributed by atoms with Gasteiger partial charge in [0, 0.05) is 0 Å². The van der Waals surface area contributed by atoms with Crippen molar-refractivity contribution in [3.05, 3.63) is 60.6 Å². The Morgan fingerprint density at radius 3 is 2.83 bits per heavy atom. The van der Waals surface area contributed by atoms with Gasteiger partial charge in [0.1, 0.15) is 0 Å². The van der Waals surface area contributed by atoms with Crippen LogP contribution >= 0.6 is 11.3 Å². The van der Waals surface area contributed by atoms with E-state index in [4.69, 9.17) is 4.98 Å². The molecular weight excluding hydrogens is 588 g/mol. The number of piperidine rings is 1. The van der Waals surface area contributed by atoms with Crippen molar-refractivity contribution in [2.45, 2.75) is 50.7 Å². The average Bonchev–Trinajstić information content (AvgIpc) is 3.62. The van der Waals surface area contributed by atoms with Crippen LogP contribution in [0.4, 0.5) is 13.2 Å². The summed E-state index contributed by atoms with van der Waals surface area (Å²) >= 11 is 0.949. The van der Waals surface area contributed by atoms with Crippen LogP contribution in [0.5, 0.6) is 0 Å². The maximum absolute atomic E-state index is 13.7. The first-order valence-electron chi connectivity index (χ1n) is 11.6. The molecule has 2 fully saturated rings. The molecule has 35 heavy (non-hydrogen) atoms. The van der Waals surface area contributed by atoms with Crippen molar-refractivity contribution in [1.29, 1.82) is 0 Å². The number of hydrogen-bond acceptors (Lipinski definition) is 5. The van der Waals surface area contributed by atoms with E-state index in [2.05, 4.69) is 16.4 Å². The van der Waals surface area contributed by atoms with Crippen LogP contribution in [-0.2, 0) is 0 Å². The molecule has 0 radical (unpaired) electrons. The summed E-state index contributed by atoms with van der Waals surface area (Å²) in [6.07, 6.45) is 0.310. The number of benzene rings is 1. The standard InChI is InChI=1S/C25H25F3IN4OS/c1-15-4-2-5-17(12-15)22-21(32-23(35-22)16-7-8-16)24(34)33-11-3-6-18(14-33)30-20-13-29-10-9-19(31-20)25(26,27)28/h2,4-5,9-10,12-13,16,18,30H,3,6-8,11,14H2,1H3/q-1/t18-/m1/s1. The first-order valence-corrected chi connectivity index (χ1v) is 14.9. The molecule has 1 atom stereocenters. The number of hydrogen-bond donors (Lipinski definition) is 1. The molecule has 5 rings (SSSR count). The molecule has 0 spiro atoms. The first kappa shape index (κ1) is 24.5. The third-order valence-corrected chi connectivity index (χ3v) is 9.10. The molecule has 10 heteroatoms. The normalized spacial score (nSPS) is 21.0. The molecule has 2 aromatic rings. The third-order valence-electron chi connectivity index (χ3n) is 6.11. The van der Waals surface area contributed by atoms with Crippen molar-refractivity contribution in [2.75, 3.05) is 13.1 Å². The predicted molar refractivity (Wildman–Crippen MR) is 127 cm³/mol. The maximum atomic E-state index is 13.7. The van der Waals surface area contributed by atoms with Crippen LogP contribution in [-0.4, -0.2) is 46.8 Å². The van der Waals surface area contributed by atoms with E-state index in [-0.39, 0.29) is 17.8 Å². The van der Waals surface area contributed by atoms with E-state index < -0.39 is 33.1 Å². The van der Waals surface area contributed by atoms with E-state index in [0.29, 0.717) is 24.7 Å². The Bertz CT molecular complexity index is 1220. The van der Waals surface area contributed by atoms with E-state index in [1.807, 2.05) is 25.1 Å². The molecule has 1 saturated heterocycles. The number of thiazole rings is 1. The zero-order valence-electron chi connectivity index (χ0n) is 19.1. The predicted octanol–water partition coefficient (Wildman–Crippen LogP) is 2.61. The van der Waals surface area contributed by atoms with Gasteiger partial charge in [0.05, 0.1) is 0 Å². The number of aryl methyl sites for hydroxylation is 1. The van der Waals surface area contributed by atoms with Gasteiger partial charge < -0.3 is 0 Å². The molecule has 1 aromatic carbocycles. The quantitative estimate of drug-likeness (QED) is 0.528. The Labute approximate surface area is 216 Å². The summed E-state index contributed by atoms with van der Waals surface area (Å²) in [5.41, 5.74) is 1.72. The zero-order valence-corrected chi connectivity index (χ0v) is 22.1. The molecule has 3 heterocycles. The van der Waals surface area contributed by atoms with Crippen LogP contribution in [0, 0.1) is 6.92 Å². The number of halogens is 4. The van der Waals surface area contributed by atoms with E-state index in [1.165, 1.54) is 0 Å². The van der Waals surface area contributed by atoms with Gasteiger partial charge in [-0.15, -0.1) is 0 Å². The summed E-state index contributed by atoms with van der Waals surface area (Å²) in [4.78, 5) is 25.0. The summed E-state index contributed by atoms with van der Waals surface area (Å²) in [6.45, 7) is 3.04. The van der Waals surface area contributed by atoms with Crippen LogP contribution in [0.15, 0.2) is 49.3 Å². The van der Waals surface area contributed by atoms with Gasteiger partial charge in [-0.25, -0.2) is 0 Å². The van der Waals surface area contributed by atoms with Gasteiger partial charge in [-0.2, -0.15) is 0 Å². The zero-order chi connectivity index (χ0) is 24.6. The number of aliphatic imine (C=N–C) groups is 1. The molecule has 5 nitrogen and oxygen atoms in total. The van der Waals surface area contributed by atoms with Crippen LogP contribution < -0.4 is 26.5 Å². The van der Waals surface area contributed by atoms with Crippen molar-refractivity contribution >= 4 is 23.0 Å². The first-order chi connectivity index (χ1) is 16.8. The Morgan fingerprint density at radius 2 is 2.09 bits per heavy atom. The van der Waals surface area contributed by atoms with Gasteiger partial charge in [0.15, 0.2) is 0 Å². The van der Waals surface area contributed by atoms with Gasteiger partial charge in [-0.05, 0) is 6.92 Å². The van der Waals surface area contributed by atoms with Gasteiger partial charge >= 0.3 is 204 Å². The summed E-state index contributed by atoms with van der Waals surface area (Å²) in [7, 11) is 0. The molecule has 0 unspecified atom stereocenters. The number of allylic oxidation sites excluding steroid dienone is 1. The molecule has 2 aliphatic heterocycles. The minimum absolute atomic E-state index is 0.112. The van der Waals surface area contributed by atoms with Crippen LogP contribution in [0.1, 0.15) is 52.7 Å². The molecule has 1 amide bonds. The molecule has 1 saturated carbocycles. The van der Waals surface area contributed by atoms with E-state index in [0.717, 1.165) is 52.8 Å². The topological polar surface area (TPSA) is 57.6 Å². The molecule has 1 aliphatic carbocycles. The Hall–Kier alpha value is -2.21. The molecular formula is C25H25F3IN4OS-. The van der Waals surface area contributed by atoms with Crippen molar-refractivity contribution < 1.29 is 39.2 Å². The number of likely N-dealkylation sites (tertiary alicyclic amines) is 1. The van der Waals surface area contributed by atoms with E-state index in [9.17, 15) is 18.0 Å². The number of nitrogens with one attached hydrogen (secondary N) is 1. The van der Waals surface area contributed by atoms with Gasteiger partial charge in [0.2, 0.25) is 0 Å². The summed E-state index contributed by atoms with van der Waals surface area (Å²) in [6, 6.07) is 7.95. The average molecular weight is 613 g/mol. The van der Waals surface area contributed by atoms with Crippen molar-refractivity contribution in [1.82, 2.24) is 15.2 Å². The van der Waals surface area contributed by atoms with Gasteiger partial charge in [-0.1, -0.05) is 6.07 Å². The second kappa shape index (κ2) is 10.0. The van der Waals surface area contributed by atoms with Crippen molar-refractivity contribution in [2.24, 2.45) is 4.99 Å². The number of amides is 1. The van der Waals surface area contributed by atoms with Crippen LogP contribution in [0.25, 0.3) is 10.4 Å². The minimum atomic E-state index is -4.49. The fourth-order valence-electron chi connectivity index (χ4n) is 4.21. The SMILES string of the molecule is Cc1cccc(-c2sc(C3CC3)nc2C(=O)N2CCC[C@@H](NC3=C[I-]C=CC(C(F)(F)F)=N3)C2)c1. The Balaban J connectivity index is 1.35. The van der Waals surface area contributed by atoms with Crippen LogP contribution in [0.2, 0.25) is 0 Å². The summed E-state index contributed by atoms with van der Waals surface area (Å²) < 4.78 is 43.0. The number of aromatic nitrogens is 1. The van der Waals surface area contributed by atoms with Gasteiger partial charge in [-0.3, -0.25) is 0 Å². The van der Waals surface area contributed by atoms with Crippen molar-refractivity contribution in [3.8, 4) is 10.4 Å². The molecule has 3 aliphatic rings. The molecule has 186 valence electrons. The van der Waals surface area contributed by atoms with E-state index in [1.54, 1.807) is 24.4 Å². The molecule has 1 N–H and O–H groups in total. The monoisotopic (exact) mass is 613 g/mol. The Kier molecular flexibility index (Phi) is 7.02. The fourth-order valence-corrected chi connectivity index (χ4v) is 6.85. The number of alkyl halides is 3. The Morgan fingerprint density at radius 1 is 1.26 bits per heavy atom. The number of carbonyl (C=O) groups excluding carboxylic acids is 1.